The summed E-state index contributed by atoms with van der Waals surface area (Å²) < 4.78 is 5.13. The highest BCUT2D eigenvalue weighted by molar-refractivity contribution is 6.22. The molecule has 27 heavy (non-hydrogen) atoms. The summed E-state index contributed by atoms with van der Waals surface area (Å²) in [6.45, 7) is 5.72. The van der Waals surface area contributed by atoms with Gasteiger partial charge >= 0.3 is 5.97 Å². The first-order valence-electron chi connectivity index (χ1n) is 9.32. The third-order valence-electron chi connectivity index (χ3n) is 4.73. The van der Waals surface area contributed by atoms with E-state index < -0.39 is 36.3 Å². The second kappa shape index (κ2) is 9.30. The maximum absolute atomic E-state index is 12.7. The number of benzene rings is 1. The van der Waals surface area contributed by atoms with E-state index >= 15 is 0 Å². The van der Waals surface area contributed by atoms with E-state index in [0.29, 0.717) is 13.0 Å². The van der Waals surface area contributed by atoms with E-state index in [4.69, 9.17) is 4.74 Å². The summed E-state index contributed by atoms with van der Waals surface area (Å²) in [5, 5.41) is 2.66. The third kappa shape index (κ3) is 4.53. The Hall–Kier alpha value is -2.70. The number of nitrogens with zero attached hydrogens (tertiary/aromatic N) is 1. The number of hydrogen-bond acceptors (Lipinski definition) is 5. The maximum atomic E-state index is 12.7. The van der Waals surface area contributed by atoms with Crippen LogP contribution in [0, 0.1) is 5.92 Å². The van der Waals surface area contributed by atoms with Gasteiger partial charge in [0.1, 0.15) is 6.04 Å². The van der Waals surface area contributed by atoms with Crippen molar-refractivity contribution in [3.8, 4) is 0 Å². The summed E-state index contributed by atoms with van der Waals surface area (Å²) in [6.07, 6.45) is 2.34. The minimum absolute atomic E-state index is 0.279. The van der Waals surface area contributed by atoms with Crippen molar-refractivity contribution in [2.75, 3.05) is 13.2 Å². The lowest BCUT2D eigenvalue weighted by atomic mass is 9.97. The number of carbonyl (C=O) groups is 4. The van der Waals surface area contributed by atoms with Gasteiger partial charge in [-0.25, -0.2) is 4.79 Å². The van der Waals surface area contributed by atoms with E-state index in [9.17, 15) is 19.2 Å². The highest BCUT2D eigenvalue weighted by Gasteiger charge is 2.45. The molecule has 0 saturated heterocycles. The molecule has 3 amide bonds. The number of fused-ring (bicyclic) bond motifs is 1. The van der Waals surface area contributed by atoms with E-state index in [0.717, 1.165) is 17.7 Å². The summed E-state index contributed by atoms with van der Waals surface area (Å²) >= 11 is 0. The summed E-state index contributed by atoms with van der Waals surface area (Å²) in [6, 6.07) is 5.41. The molecule has 1 N–H and O–H groups in total. The zero-order valence-electron chi connectivity index (χ0n) is 16.0. The van der Waals surface area contributed by atoms with Gasteiger partial charge in [-0.15, -0.1) is 0 Å². The molecule has 2 rings (SSSR count). The van der Waals surface area contributed by atoms with Crippen LogP contribution in [0.5, 0.6) is 0 Å². The van der Waals surface area contributed by atoms with Gasteiger partial charge in [0.25, 0.3) is 17.7 Å². The molecule has 7 nitrogen and oxygen atoms in total. The van der Waals surface area contributed by atoms with Crippen molar-refractivity contribution in [3.05, 3.63) is 35.4 Å². The lowest BCUT2D eigenvalue weighted by molar-refractivity contribution is -0.153. The number of carbonyl (C=O) groups excluding carboxylic acids is 4. The zero-order valence-corrected chi connectivity index (χ0v) is 16.0. The molecule has 1 aromatic carbocycles. The van der Waals surface area contributed by atoms with E-state index in [-0.39, 0.29) is 17.0 Å². The molecule has 2 unspecified atom stereocenters. The van der Waals surface area contributed by atoms with Gasteiger partial charge in [-0.2, -0.15) is 0 Å². The summed E-state index contributed by atoms with van der Waals surface area (Å²) in [4.78, 5) is 50.8. The Morgan fingerprint density at radius 1 is 1.11 bits per heavy atom. The first-order valence-corrected chi connectivity index (χ1v) is 9.32. The number of nitrogens with one attached hydrogen (secondary N) is 1. The average molecular weight is 374 g/mol. The molecule has 7 heteroatoms. The largest absolute Gasteiger partial charge is 0.454 e. The van der Waals surface area contributed by atoms with Crippen LogP contribution in [-0.4, -0.2) is 47.8 Å². The maximum Gasteiger partial charge on any atom is 0.330 e. The molecule has 0 spiro atoms. The van der Waals surface area contributed by atoms with Gasteiger partial charge < -0.3 is 10.1 Å². The van der Waals surface area contributed by atoms with Crippen LogP contribution in [0.3, 0.4) is 0 Å². The second-order valence-corrected chi connectivity index (χ2v) is 6.67. The van der Waals surface area contributed by atoms with Crippen molar-refractivity contribution >= 4 is 23.7 Å². The van der Waals surface area contributed by atoms with Crippen LogP contribution < -0.4 is 5.32 Å². The molecule has 0 radical (unpaired) electrons. The lowest BCUT2D eigenvalue weighted by Gasteiger charge is -2.28. The van der Waals surface area contributed by atoms with Gasteiger partial charge in [-0.05, 0) is 24.5 Å². The molecule has 1 heterocycles. The highest BCUT2D eigenvalue weighted by Crippen LogP contribution is 2.28. The van der Waals surface area contributed by atoms with Crippen molar-refractivity contribution < 1.29 is 23.9 Å². The van der Waals surface area contributed by atoms with Crippen LogP contribution in [0.25, 0.3) is 0 Å². The lowest BCUT2D eigenvalue weighted by Crippen LogP contribution is -2.49. The molecule has 1 aliphatic heterocycles. The molecular formula is C20H26N2O5. The molecule has 1 aromatic rings. The molecule has 0 saturated carbocycles. The minimum atomic E-state index is -1.06. The van der Waals surface area contributed by atoms with Crippen molar-refractivity contribution in [3.63, 3.8) is 0 Å². The first-order chi connectivity index (χ1) is 12.9. The number of rotatable bonds is 9. The molecule has 146 valence electrons. The minimum Gasteiger partial charge on any atom is -0.454 e. The van der Waals surface area contributed by atoms with Crippen LogP contribution in [0.2, 0.25) is 0 Å². The molecule has 2 atom stereocenters. The Kier molecular flexibility index (Phi) is 7.10. The van der Waals surface area contributed by atoms with Gasteiger partial charge in [0.15, 0.2) is 6.61 Å². The molecule has 0 aliphatic carbocycles. The zero-order chi connectivity index (χ0) is 20.0. The van der Waals surface area contributed by atoms with Crippen molar-refractivity contribution in [2.45, 2.75) is 46.1 Å². The fourth-order valence-corrected chi connectivity index (χ4v) is 2.95. The van der Waals surface area contributed by atoms with Crippen LogP contribution in [-0.2, 0) is 14.3 Å². The molecule has 0 aromatic heterocycles. The normalized spacial score (nSPS) is 15.3. The predicted molar refractivity (Wildman–Crippen MR) is 99.1 cm³/mol. The molecule has 0 fully saturated rings. The Bertz CT molecular complexity index is 696. The fourth-order valence-electron chi connectivity index (χ4n) is 2.95. The predicted octanol–water partition coefficient (Wildman–Crippen LogP) is 2.16. The van der Waals surface area contributed by atoms with Gasteiger partial charge in [0.05, 0.1) is 11.1 Å². The van der Waals surface area contributed by atoms with Gasteiger partial charge in [-0.3, -0.25) is 19.3 Å². The highest BCUT2D eigenvalue weighted by atomic mass is 16.5. The Labute approximate surface area is 159 Å². The third-order valence-corrected chi connectivity index (χ3v) is 4.73. The number of hydrogen-bond donors (Lipinski definition) is 1. The van der Waals surface area contributed by atoms with Crippen LogP contribution in [0.15, 0.2) is 24.3 Å². The monoisotopic (exact) mass is 374 g/mol. The fraction of sp³-hybridized carbons (Fsp3) is 0.500. The molecule has 0 bridgehead atoms. The van der Waals surface area contributed by atoms with E-state index in [1.807, 2.05) is 13.8 Å². The summed E-state index contributed by atoms with van der Waals surface area (Å²) in [5.41, 5.74) is 0.557. The van der Waals surface area contributed by atoms with Crippen molar-refractivity contribution in [1.29, 1.82) is 0 Å². The number of imide groups is 1. The van der Waals surface area contributed by atoms with Crippen molar-refractivity contribution in [1.82, 2.24) is 10.2 Å². The smallest absolute Gasteiger partial charge is 0.330 e. The molecule has 1 aliphatic rings. The first kappa shape index (κ1) is 20.6. The Balaban J connectivity index is 2.12. The summed E-state index contributed by atoms with van der Waals surface area (Å²) in [5.74, 6) is -2.47. The van der Waals surface area contributed by atoms with Crippen LogP contribution in [0.1, 0.15) is 60.7 Å². The second-order valence-electron chi connectivity index (χ2n) is 6.67. The van der Waals surface area contributed by atoms with Crippen LogP contribution >= 0.6 is 0 Å². The van der Waals surface area contributed by atoms with E-state index in [1.54, 1.807) is 31.2 Å². The van der Waals surface area contributed by atoms with Crippen LogP contribution in [0.4, 0.5) is 0 Å². The number of ether oxygens (including phenoxy) is 1. The van der Waals surface area contributed by atoms with E-state index in [1.165, 1.54) is 0 Å². The van der Waals surface area contributed by atoms with Gasteiger partial charge in [0, 0.05) is 6.54 Å². The van der Waals surface area contributed by atoms with E-state index in [2.05, 4.69) is 5.32 Å². The number of unbranched alkanes of at least 4 members (excludes halogenated alkanes) is 1. The van der Waals surface area contributed by atoms with Crippen molar-refractivity contribution in [2.24, 2.45) is 5.92 Å². The number of esters is 1. The topological polar surface area (TPSA) is 92.8 Å². The summed E-state index contributed by atoms with van der Waals surface area (Å²) in [7, 11) is 0. The quantitative estimate of drug-likeness (QED) is 0.406. The molecular weight excluding hydrogens is 348 g/mol. The standard InChI is InChI=1S/C20H26N2O5/c1-4-6-11-21-16(23)12-27-20(26)17(13(3)5-2)22-18(24)14-9-7-8-10-15(14)19(22)25/h7-10,13,17H,4-6,11-12H2,1-3H3,(H,21,23). The average Bonchev–Trinajstić information content (AvgIpc) is 2.92. The van der Waals surface area contributed by atoms with Gasteiger partial charge in [-0.1, -0.05) is 45.7 Å². The SMILES string of the molecule is CCCCNC(=O)COC(=O)C(C(C)CC)N1C(=O)c2ccccc2C1=O. The Morgan fingerprint density at radius 2 is 1.70 bits per heavy atom. The van der Waals surface area contributed by atoms with Gasteiger partial charge in [0.2, 0.25) is 0 Å². The Morgan fingerprint density at radius 3 is 2.22 bits per heavy atom. The number of amides is 3.